The van der Waals surface area contributed by atoms with E-state index < -0.39 is 53.7 Å². The Morgan fingerprint density at radius 1 is 0.917 bits per heavy atom. The molecular formula is C44H59N9O7. The van der Waals surface area contributed by atoms with Crippen LogP contribution in [0, 0.1) is 23.7 Å². The Hall–Kier alpha value is -6.02. The zero-order valence-electron chi connectivity index (χ0n) is 35.4. The van der Waals surface area contributed by atoms with Crippen molar-refractivity contribution in [2.75, 3.05) is 46.4 Å². The number of amides is 5. The number of hydrogen-bond acceptors (Lipinski definition) is 11. The van der Waals surface area contributed by atoms with Crippen LogP contribution in [0.4, 0.5) is 0 Å². The molecule has 0 saturated carbocycles. The molecular weight excluding hydrogens is 767 g/mol. The largest absolute Gasteiger partial charge is 0.492 e. The average molecular weight is 826 g/mol. The summed E-state index contributed by atoms with van der Waals surface area (Å²) in [6, 6.07) is 12.9. The second-order valence-electron chi connectivity index (χ2n) is 16.1. The summed E-state index contributed by atoms with van der Waals surface area (Å²) in [5.41, 5.74) is 21.8. The summed E-state index contributed by atoms with van der Waals surface area (Å²) < 4.78 is 12.2. The number of fused-ring (bicyclic) bond motifs is 5. The van der Waals surface area contributed by atoms with Gasteiger partial charge in [-0.15, -0.1) is 0 Å². The maximum atomic E-state index is 14.5. The van der Waals surface area contributed by atoms with Crippen LogP contribution in [0.1, 0.15) is 72.8 Å². The molecule has 3 aromatic carbocycles. The van der Waals surface area contributed by atoms with E-state index in [9.17, 15) is 24.0 Å². The molecule has 3 aromatic rings. The van der Waals surface area contributed by atoms with Crippen molar-refractivity contribution in [2.45, 2.75) is 78.0 Å². The van der Waals surface area contributed by atoms with Crippen LogP contribution in [0.25, 0.3) is 11.1 Å². The van der Waals surface area contributed by atoms with Crippen LogP contribution in [0.5, 0.6) is 11.5 Å². The summed E-state index contributed by atoms with van der Waals surface area (Å²) in [6.45, 7) is 10.2. The molecule has 0 saturated heterocycles. The van der Waals surface area contributed by atoms with E-state index in [1.165, 1.54) is 18.9 Å². The summed E-state index contributed by atoms with van der Waals surface area (Å²) in [5.74, 6) is -2.30. The van der Waals surface area contributed by atoms with E-state index in [2.05, 4.69) is 42.0 Å². The number of benzene rings is 3. The number of hydrogen-bond donors (Lipinski definition) is 7. The summed E-state index contributed by atoms with van der Waals surface area (Å²) in [4.78, 5) is 71.0. The molecule has 1 heterocycles. The van der Waals surface area contributed by atoms with Crippen molar-refractivity contribution < 1.29 is 33.4 Å². The number of rotatable bonds is 15. The van der Waals surface area contributed by atoms with Crippen molar-refractivity contribution in [3.8, 4) is 28.7 Å². The van der Waals surface area contributed by atoms with Gasteiger partial charge in [0.25, 0.3) is 5.91 Å². The number of carbonyl (C=O) groups excluding carboxylic acids is 5. The first-order chi connectivity index (χ1) is 28.5. The smallest absolute Gasteiger partial charge is 0.252 e. The van der Waals surface area contributed by atoms with Gasteiger partial charge in [0.05, 0.1) is 6.07 Å². The molecule has 60 heavy (non-hydrogen) atoms. The van der Waals surface area contributed by atoms with Crippen LogP contribution in [-0.2, 0) is 32.0 Å². The van der Waals surface area contributed by atoms with Crippen LogP contribution in [-0.4, -0.2) is 99.0 Å². The normalized spacial score (nSPS) is 17.2. The van der Waals surface area contributed by atoms with Crippen molar-refractivity contribution in [1.82, 2.24) is 26.2 Å². The van der Waals surface area contributed by atoms with Gasteiger partial charge in [-0.1, -0.05) is 45.0 Å². The lowest BCUT2D eigenvalue weighted by molar-refractivity contribution is -0.141. The predicted molar refractivity (Wildman–Crippen MR) is 228 cm³/mol. The van der Waals surface area contributed by atoms with Gasteiger partial charge in [-0.25, -0.2) is 0 Å². The molecule has 322 valence electrons. The molecule has 0 unspecified atom stereocenters. The van der Waals surface area contributed by atoms with Crippen LogP contribution >= 0.6 is 0 Å². The molecule has 4 bridgehead atoms. The van der Waals surface area contributed by atoms with Crippen molar-refractivity contribution in [2.24, 2.45) is 22.6 Å². The molecule has 0 fully saturated rings. The van der Waals surface area contributed by atoms with Gasteiger partial charge < -0.3 is 52.8 Å². The van der Waals surface area contributed by atoms with Gasteiger partial charge in [0, 0.05) is 43.2 Å². The third-order valence-electron chi connectivity index (χ3n) is 9.88. The third-order valence-corrected chi connectivity index (χ3v) is 9.88. The van der Waals surface area contributed by atoms with Crippen molar-refractivity contribution in [3.05, 3.63) is 82.4 Å². The molecule has 1 aliphatic heterocycles. The highest BCUT2D eigenvalue weighted by atomic mass is 16.5. The molecule has 4 atom stereocenters. The number of ether oxygens (including phenoxy) is 2. The van der Waals surface area contributed by atoms with Crippen molar-refractivity contribution >= 4 is 29.5 Å². The highest BCUT2D eigenvalue weighted by Crippen LogP contribution is 2.40. The summed E-state index contributed by atoms with van der Waals surface area (Å²) in [5, 5.41) is 19.9. The number of nitrogens with two attached hydrogens (primary N) is 3. The predicted octanol–water partition coefficient (Wildman–Crippen LogP) is 1.76. The van der Waals surface area contributed by atoms with E-state index >= 15 is 0 Å². The van der Waals surface area contributed by atoms with E-state index in [1.807, 2.05) is 25.1 Å². The molecule has 0 spiro atoms. The van der Waals surface area contributed by atoms with Gasteiger partial charge >= 0.3 is 0 Å². The van der Waals surface area contributed by atoms with E-state index in [4.69, 9.17) is 31.9 Å². The van der Waals surface area contributed by atoms with Crippen LogP contribution in [0.15, 0.2) is 54.6 Å². The maximum Gasteiger partial charge on any atom is 0.252 e. The molecule has 0 aromatic heterocycles. The van der Waals surface area contributed by atoms with Gasteiger partial charge in [0.15, 0.2) is 0 Å². The molecule has 1 aliphatic rings. The Morgan fingerprint density at radius 2 is 1.57 bits per heavy atom. The molecule has 5 amide bonds. The lowest BCUT2D eigenvalue weighted by Gasteiger charge is -2.32. The molecule has 10 N–H and O–H groups in total. The zero-order chi connectivity index (χ0) is 44.1. The number of likely N-dealkylation sites (N-methyl/N-ethyl adjacent to an activating group) is 1. The fraction of sp³-hybridized carbons (Fsp3) is 0.455. The van der Waals surface area contributed by atoms with E-state index in [-0.39, 0.29) is 57.6 Å². The number of carbonyl (C=O) groups is 5. The highest BCUT2D eigenvalue weighted by Gasteiger charge is 2.36. The zero-order valence-corrected chi connectivity index (χ0v) is 35.4. The van der Waals surface area contributed by atoms with E-state index in [0.717, 1.165) is 17.5 Å². The van der Waals surface area contributed by atoms with Gasteiger partial charge in [0.2, 0.25) is 23.6 Å². The summed E-state index contributed by atoms with van der Waals surface area (Å²) in [6.07, 6.45) is 0.886. The summed E-state index contributed by atoms with van der Waals surface area (Å²) >= 11 is 0. The molecule has 4 rings (SSSR count). The Labute approximate surface area is 351 Å². The van der Waals surface area contributed by atoms with E-state index in [1.54, 1.807) is 42.5 Å². The number of nitriles is 1. The standard InChI is InChI=1S/C44H59N9O7/c1-26-21-29(25-44(3,4)5)7-10-31(26)40(55)51-34(13-14-45)43(58)53(6)38-30-9-12-37(60-20-17-48)33(24-30)32-22-28(8-11-36(32)59-19-16-47)23-35(41(56)49-18-15-46)52-39(54)27(2)50-42(38)57/h7-12,21-22,24,27,34-35,38H,13-14,16-20,23,25,45,47-48H2,1-6H3,(H,49,56)(H,50,57)(H,51,55)(H,52,54)/t27-,34-,35-,38-/m0/s1. The lowest BCUT2D eigenvalue weighted by Crippen LogP contribution is -2.56. The molecule has 16 nitrogen and oxygen atoms in total. The first kappa shape index (κ1) is 46.7. The second-order valence-corrected chi connectivity index (χ2v) is 16.1. The Morgan fingerprint density at radius 3 is 2.17 bits per heavy atom. The van der Waals surface area contributed by atoms with Gasteiger partial charge in [0.1, 0.15) is 55.4 Å². The summed E-state index contributed by atoms with van der Waals surface area (Å²) in [7, 11) is 1.44. The fourth-order valence-corrected chi connectivity index (χ4v) is 7.07. The quantitative estimate of drug-likeness (QED) is 0.109. The highest BCUT2D eigenvalue weighted by molar-refractivity contribution is 6.00. The SMILES string of the molecule is Cc1cc(CC(C)(C)C)ccc1C(=O)N[C@@H](CCN)C(=O)N(C)[C@@H]1C(=O)N[C@@H](C)C(=O)N[C@H](C(=O)NCC#N)Cc2ccc(OCCN)c(c2)-c2cc1ccc2OCCN. The molecule has 16 heteroatoms. The van der Waals surface area contributed by atoms with Crippen LogP contribution < -0.4 is 47.9 Å². The lowest BCUT2D eigenvalue weighted by atomic mass is 9.87. The van der Waals surface area contributed by atoms with Crippen LogP contribution in [0.2, 0.25) is 0 Å². The minimum absolute atomic E-state index is 0.0151. The fourth-order valence-electron chi connectivity index (χ4n) is 7.07. The Bertz CT molecular complexity index is 2080. The van der Waals surface area contributed by atoms with Crippen LogP contribution in [0.3, 0.4) is 0 Å². The molecule has 0 radical (unpaired) electrons. The Balaban J connectivity index is 1.84. The number of aryl methyl sites for hydroxylation is 1. The van der Waals surface area contributed by atoms with E-state index in [0.29, 0.717) is 39.3 Å². The van der Waals surface area contributed by atoms with Gasteiger partial charge in [-0.2, -0.15) is 5.26 Å². The van der Waals surface area contributed by atoms with Gasteiger partial charge in [-0.3, -0.25) is 24.0 Å². The molecule has 0 aliphatic carbocycles. The minimum atomic E-state index is -1.36. The first-order valence-electron chi connectivity index (χ1n) is 20.1. The average Bonchev–Trinajstić information content (AvgIpc) is 3.19. The number of nitrogens with zero attached hydrogens (tertiary/aromatic N) is 2. The topological polar surface area (TPSA) is 257 Å². The van der Waals surface area contributed by atoms with Gasteiger partial charge in [-0.05, 0) is 91.2 Å². The first-order valence-corrected chi connectivity index (χ1v) is 20.1. The third kappa shape index (κ3) is 12.3. The maximum absolute atomic E-state index is 14.5. The second kappa shape index (κ2) is 21.3. The van der Waals surface area contributed by atoms with Crippen molar-refractivity contribution in [1.29, 1.82) is 5.26 Å². The minimum Gasteiger partial charge on any atom is -0.492 e. The number of nitrogens with one attached hydrogen (secondary N) is 4. The van der Waals surface area contributed by atoms with Crippen molar-refractivity contribution in [3.63, 3.8) is 0 Å². The Kier molecular flexibility index (Phi) is 16.6. The monoisotopic (exact) mass is 825 g/mol.